The zero-order chi connectivity index (χ0) is 15.2. The summed E-state index contributed by atoms with van der Waals surface area (Å²) in [5.74, 6) is 0.751. The van der Waals surface area contributed by atoms with Crippen LogP contribution in [0.5, 0.6) is 5.75 Å². The maximum Gasteiger partial charge on any atom is 0.145 e. The highest BCUT2D eigenvalue weighted by molar-refractivity contribution is 5.98. The number of nitriles is 1. The summed E-state index contributed by atoms with van der Waals surface area (Å²) in [5, 5.41) is 13.9. The lowest BCUT2D eigenvalue weighted by atomic mass is 9.78. The Morgan fingerprint density at radius 1 is 1.41 bits per heavy atom. The maximum absolute atomic E-state index is 9.47. The minimum Gasteiger partial charge on any atom is -0.494 e. The fourth-order valence-electron chi connectivity index (χ4n) is 3.76. The van der Waals surface area contributed by atoms with Crippen molar-refractivity contribution in [2.45, 2.75) is 6.42 Å². The molecule has 2 aliphatic heterocycles. The normalized spacial score (nSPS) is 19.2. The lowest BCUT2D eigenvalue weighted by Gasteiger charge is -2.49. The van der Waals surface area contributed by atoms with Gasteiger partial charge in [0.25, 0.3) is 0 Å². The molecule has 2 fully saturated rings. The predicted octanol–water partition coefficient (Wildman–Crippen LogP) is 1.91. The number of pyridine rings is 1. The Morgan fingerprint density at radius 3 is 2.95 bits per heavy atom. The first-order valence-corrected chi connectivity index (χ1v) is 7.58. The van der Waals surface area contributed by atoms with Crippen LogP contribution in [0.2, 0.25) is 0 Å². The molecule has 0 aliphatic carbocycles. The van der Waals surface area contributed by atoms with Crippen LogP contribution in [0.3, 0.4) is 0 Å². The zero-order valence-electron chi connectivity index (χ0n) is 12.6. The minimum absolute atomic E-state index is 0.390. The van der Waals surface area contributed by atoms with E-state index < -0.39 is 0 Å². The highest BCUT2D eigenvalue weighted by Crippen LogP contribution is 2.43. The minimum atomic E-state index is 0.390. The molecule has 5 heteroatoms. The number of rotatable bonds is 2. The second-order valence-electron chi connectivity index (χ2n) is 6.27. The molecule has 0 saturated carbocycles. The van der Waals surface area contributed by atoms with E-state index in [1.54, 1.807) is 13.3 Å². The van der Waals surface area contributed by atoms with E-state index in [-0.39, 0.29) is 0 Å². The molecule has 0 atom stereocenters. The number of nitrogens with zero attached hydrogens (tertiary/aromatic N) is 3. The van der Waals surface area contributed by atoms with Gasteiger partial charge in [0.1, 0.15) is 17.3 Å². The summed E-state index contributed by atoms with van der Waals surface area (Å²) >= 11 is 0. The SMILES string of the molecule is COc1cccc2c(N3CC4(CCNC4)C3)c(C#N)cnc12. The Balaban J connectivity index is 1.81. The van der Waals surface area contributed by atoms with E-state index >= 15 is 0 Å². The van der Waals surface area contributed by atoms with Crippen molar-refractivity contribution >= 4 is 16.6 Å². The van der Waals surface area contributed by atoms with Gasteiger partial charge in [0.15, 0.2) is 0 Å². The number of nitrogens with one attached hydrogen (secondary N) is 1. The zero-order valence-corrected chi connectivity index (χ0v) is 12.6. The van der Waals surface area contributed by atoms with Gasteiger partial charge in [-0.15, -0.1) is 0 Å². The van der Waals surface area contributed by atoms with Crippen LogP contribution in [0, 0.1) is 16.7 Å². The molecule has 2 saturated heterocycles. The van der Waals surface area contributed by atoms with Crippen molar-refractivity contribution in [1.29, 1.82) is 5.26 Å². The second kappa shape index (κ2) is 4.85. The molecule has 3 heterocycles. The number of methoxy groups -OCH3 is 1. The van der Waals surface area contributed by atoms with Gasteiger partial charge in [-0.3, -0.25) is 4.98 Å². The van der Waals surface area contributed by atoms with E-state index in [0.717, 1.165) is 48.5 Å². The fourth-order valence-corrected chi connectivity index (χ4v) is 3.76. The standard InChI is InChI=1S/C17H18N4O/c1-22-14-4-2-3-13-15(14)20-8-12(7-18)16(13)21-10-17(11-21)5-6-19-9-17/h2-4,8,19H,5-6,9-11H2,1H3. The second-order valence-corrected chi connectivity index (χ2v) is 6.27. The third-order valence-corrected chi connectivity index (χ3v) is 4.87. The van der Waals surface area contributed by atoms with E-state index in [4.69, 9.17) is 4.74 Å². The average Bonchev–Trinajstić information content (AvgIpc) is 3.01. The van der Waals surface area contributed by atoms with Crippen molar-refractivity contribution in [2.24, 2.45) is 5.41 Å². The smallest absolute Gasteiger partial charge is 0.145 e. The number of benzene rings is 1. The van der Waals surface area contributed by atoms with Gasteiger partial charge in [0.05, 0.1) is 18.4 Å². The van der Waals surface area contributed by atoms with Crippen molar-refractivity contribution in [2.75, 3.05) is 38.2 Å². The third kappa shape index (κ3) is 1.84. The Bertz CT molecular complexity index is 766. The number of hydrogen-bond acceptors (Lipinski definition) is 5. The van der Waals surface area contributed by atoms with Gasteiger partial charge in [-0.25, -0.2) is 0 Å². The Morgan fingerprint density at radius 2 is 2.27 bits per heavy atom. The summed E-state index contributed by atoms with van der Waals surface area (Å²) in [5.41, 5.74) is 2.86. The molecule has 1 N–H and O–H groups in total. The summed E-state index contributed by atoms with van der Waals surface area (Å²) < 4.78 is 5.41. The Kier molecular flexibility index (Phi) is 2.95. The lowest BCUT2D eigenvalue weighted by molar-refractivity contribution is 0.243. The number of ether oxygens (including phenoxy) is 1. The quantitative estimate of drug-likeness (QED) is 0.917. The van der Waals surface area contributed by atoms with Gasteiger partial charge in [-0.05, 0) is 19.0 Å². The van der Waals surface area contributed by atoms with Crippen LogP contribution < -0.4 is 15.0 Å². The van der Waals surface area contributed by atoms with Crippen LogP contribution in [-0.2, 0) is 0 Å². The first kappa shape index (κ1) is 13.4. The van der Waals surface area contributed by atoms with Gasteiger partial charge >= 0.3 is 0 Å². The largest absolute Gasteiger partial charge is 0.494 e. The summed E-state index contributed by atoms with van der Waals surface area (Å²) in [7, 11) is 1.65. The van der Waals surface area contributed by atoms with E-state index in [2.05, 4.69) is 21.3 Å². The van der Waals surface area contributed by atoms with Crippen molar-refractivity contribution in [3.05, 3.63) is 30.0 Å². The van der Waals surface area contributed by atoms with Crippen LogP contribution >= 0.6 is 0 Å². The highest BCUT2D eigenvalue weighted by atomic mass is 16.5. The van der Waals surface area contributed by atoms with Crippen molar-refractivity contribution < 1.29 is 4.74 Å². The third-order valence-electron chi connectivity index (χ3n) is 4.87. The van der Waals surface area contributed by atoms with Gasteiger partial charge in [0.2, 0.25) is 0 Å². The molecule has 112 valence electrons. The predicted molar refractivity (Wildman–Crippen MR) is 85.1 cm³/mol. The van der Waals surface area contributed by atoms with Gasteiger partial charge in [-0.2, -0.15) is 5.26 Å². The van der Waals surface area contributed by atoms with E-state index in [0.29, 0.717) is 11.0 Å². The molecular weight excluding hydrogens is 276 g/mol. The molecule has 2 aromatic rings. The van der Waals surface area contributed by atoms with Crippen molar-refractivity contribution in [3.8, 4) is 11.8 Å². The van der Waals surface area contributed by atoms with Gasteiger partial charge in [0, 0.05) is 36.6 Å². The summed E-state index contributed by atoms with van der Waals surface area (Å²) in [6.07, 6.45) is 2.88. The highest BCUT2D eigenvalue weighted by Gasteiger charge is 2.45. The van der Waals surface area contributed by atoms with E-state index in [1.807, 2.05) is 18.2 Å². The van der Waals surface area contributed by atoms with Crippen LogP contribution in [0.15, 0.2) is 24.4 Å². The number of fused-ring (bicyclic) bond motifs is 1. The summed E-state index contributed by atoms with van der Waals surface area (Å²) in [6, 6.07) is 8.18. The molecule has 22 heavy (non-hydrogen) atoms. The van der Waals surface area contributed by atoms with Crippen LogP contribution in [-0.4, -0.2) is 38.3 Å². The van der Waals surface area contributed by atoms with Crippen LogP contribution in [0.1, 0.15) is 12.0 Å². The molecule has 0 radical (unpaired) electrons. The van der Waals surface area contributed by atoms with E-state index in [1.165, 1.54) is 6.42 Å². The Labute approximate surface area is 129 Å². The van der Waals surface area contributed by atoms with Crippen LogP contribution in [0.25, 0.3) is 10.9 Å². The number of para-hydroxylation sites is 1. The maximum atomic E-state index is 9.47. The first-order valence-electron chi connectivity index (χ1n) is 7.58. The molecule has 0 unspecified atom stereocenters. The number of aromatic nitrogens is 1. The molecule has 2 aliphatic rings. The molecular formula is C17H18N4O. The molecule has 1 aromatic carbocycles. The summed E-state index contributed by atoms with van der Waals surface area (Å²) in [4.78, 5) is 6.74. The first-order chi connectivity index (χ1) is 10.8. The molecule has 0 bridgehead atoms. The van der Waals surface area contributed by atoms with Crippen molar-refractivity contribution in [1.82, 2.24) is 10.3 Å². The van der Waals surface area contributed by atoms with Crippen molar-refractivity contribution in [3.63, 3.8) is 0 Å². The molecule has 1 aromatic heterocycles. The van der Waals surface area contributed by atoms with Crippen LogP contribution in [0.4, 0.5) is 5.69 Å². The fraction of sp³-hybridized carbons (Fsp3) is 0.412. The molecule has 1 spiro atoms. The topological polar surface area (TPSA) is 61.2 Å². The Hall–Kier alpha value is -2.32. The average molecular weight is 294 g/mol. The number of hydrogen-bond donors (Lipinski definition) is 1. The molecule has 5 nitrogen and oxygen atoms in total. The monoisotopic (exact) mass is 294 g/mol. The molecule has 4 rings (SSSR count). The lowest BCUT2D eigenvalue weighted by Crippen LogP contribution is -2.57. The van der Waals surface area contributed by atoms with E-state index in [9.17, 15) is 5.26 Å². The van der Waals surface area contributed by atoms with Gasteiger partial charge < -0.3 is 15.0 Å². The van der Waals surface area contributed by atoms with Gasteiger partial charge in [-0.1, -0.05) is 12.1 Å². The molecule has 0 amide bonds. The summed E-state index contributed by atoms with van der Waals surface area (Å²) in [6.45, 7) is 4.19. The number of anilines is 1.